The maximum atomic E-state index is 12.6. The minimum atomic E-state index is -4.75. The second kappa shape index (κ2) is 11.2. The number of hydrogen-bond donors (Lipinski definition) is 2. The normalized spacial score (nSPS) is 11.9. The molecule has 0 atom stereocenters. The molecule has 1 heterocycles. The minimum Gasteiger partial charge on any atom is -0.405 e. The summed E-state index contributed by atoms with van der Waals surface area (Å²) < 4.78 is 44.1. The van der Waals surface area contributed by atoms with E-state index in [-0.39, 0.29) is 12.3 Å². The Hall–Kier alpha value is -3.49. The lowest BCUT2D eigenvalue weighted by molar-refractivity contribution is -0.274. The first-order chi connectivity index (χ1) is 15.4. The second-order valence-corrected chi connectivity index (χ2v) is 6.98. The molecule has 32 heavy (non-hydrogen) atoms. The third kappa shape index (κ3) is 7.33. The SMILES string of the molecule is CCNC(=NCc1ccccc1OC(F)(F)F)NCCc1nccn1Cc1ccccc1. The van der Waals surface area contributed by atoms with Crippen molar-refractivity contribution in [2.45, 2.75) is 32.8 Å². The van der Waals surface area contributed by atoms with Gasteiger partial charge in [-0.3, -0.25) is 0 Å². The molecule has 9 heteroatoms. The molecular formula is C23H26F3N5O. The second-order valence-electron chi connectivity index (χ2n) is 6.98. The minimum absolute atomic E-state index is 0.0459. The summed E-state index contributed by atoms with van der Waals surface area (Å²) in [6, 6.07) is 16.1. The number of alkyl halides is 3. The van der Waals surface area contributed by atoms with Gasteiger partial charge in [0.15, 0.2) is 5.96 Å². The number of ether oxygens (including phenoxy) is 1. The molecule has 0 unspecified atom stereocenters. The maximum absolute atomic E-state index is 12.6. The molecule has 0 bridgehead atoms. The first-order valence-corrected chi connectivity index (χ1v) is 10.3. The molecular weight excluding hydrogens is 419 g/mol. The first kappa shape index (κ1) is 23.2. The van der Waals surface area contributed by atoms with Gasteiger partial charge in [-0.15, -0.1) is 13.2 Å². The molecule has 0 spiro atoms. The van der Waals surface area contributed by atoms with E-state index in [4.69, 9.17) is 0 Å². The van der Waals surface area contributed by atoms with Gasteiger partial charge >= 0.3 is 6.36 Å². The van der Waals surface area contributed by atoms with Crippen LogP contribution >= 0.6 is 0 Å². The van der Waals surface area contributed by atoms with E-state index in [0.717, 1.165) is 12.4 Å². The Bertz CT molecular complexity index is 1000. The number of halogens is 3. The number of guanidine groups is 1. The van der Waals surface area contributed by atoms with Crippen LogP contribution in [0.4, 0.5) is 13.2 Å². The fraction of sp³-hybridized carbons (Fsp3) is 0.304. The summed E-state index contributed by atoms with van der Waals surface area (Å²) in [5.41, 5.74) is 1.54. The topological polar surface area (TPSA) is 63.5 Å². The number of rotatable bonds is 9. The van der Waals surface area contributed by atoms with Gasteiger partial charge in [-0.25, -0.2) is 9.98 Å². The molecule has 1 aromatic heterocycles. The van der Waals surface area contributed by atoms with Gasteiger partial charge in [0.25, 0.3) is 0 Å². The highest BCUT2D eigenvalue weighted by Gasteiger charge is 2.31. The van der Waals surface area contributed by atoms with Crippen LogP contribution in [0.2, 0.25) is 0 Å². The summed E-state index contributed by atoms with van der Waals surface area (Å²) in [4.78, 5) is 8.84. The van der Waals surface area contributed by atoms with E-state index in [1.165, 1.54) is 17.7 Å². The fourth-order valence-corrected chi connectivity index (χ4v) is 3.15. The molecule has 3 rings (SSSR count). The molecule has 6 nitrogen and oxygen atoms in total. The molecule has 2 aromatic carbocycles. The van der Waals surface area contributed by atoms with Gasteiger partial charge < -0.3 is 19.9 Å². The summed E-state index contributed by atoms with van der Waals surface area (Å²) in [7, 11) is 0. The molecule has 0 saturated heterocycles. The zero-order valence-corrected chi connectivity index (χ0v) is 17.8. The Morgan fingerprint density at radius 1 is 1.06 bits per heavy atom. The molecule has 0 aliphatic heterocycles. The van der Waals surface area contributed by atoms with E-state index in [2.05, 4.69) is 42.0 Å². The summed E-state index contributed by atoms with van der Waals surface area (Å²) in [6.07, 6.45) is -0.364. The third-order valence-electron chi connectivity index (χ3n) is 4.59. The number of nitrogens with zero attached hydrogens (tertiary/aromatic N) is 3. The number of imidazole rings is 1. The number of benzene rings is 2. The molecule has 0 aliphatic carbocycles. The van der Waals surface area contributed by atoms with Gasteiger partial charge in [0.1, 0.15) is 11.6 Å². The smallest absolute Gasteiger partial charge is 0.405 e. The van der Waals surface area contributed by atoms with E-state index in [1.54, 1.807) is 18.3 Å². The molecule has 3 aromatic rings. The summed E-state index contributed by atoms with van der Waals surface area (Å²) >= 11 is 0. The largest absolute Gasteiger partial charge is 0.573 e. The van der Waals surface area contributed by atoms with E-state index >= 15 is 0 Å². The third-order valence-corrected chi connectivity index (χ3v) is 4.59. The molecule has 0 saturated carbocycles. The number of para-hydroxylation sites is 1. The zero-order valence-electron chi connectivity index (χ0n) is 17.8. The van der Waals surface area contributed by atoms with Crippen molar-refractivity contribution < 1.29 is 17.9 Å². The number of hydrogen-bond acceptors (Lipinski definition) is 3. The van der Waals surface area contributed by atoms with E-state index in [1.807, 2.05) is 31.3 Å². The lowest BCUT2D eigenvalue weighted by Gasteiger charge is -2.14. The predicted octanol–water partition coefficient (Wildman–Crippen LogP) is 4.13. The van der Waals surface area contributed by atoms with Crippen molar-refractivity contribution in [2.75, 3.05) is 13.1 Å². The molecule has 2 N–H and O–H groups in total. The van der Waals surface area contributed by atoms with Gasteiger partial charge in [-0.1, -0.05) is 48.5 Å². The van der Waals surface area contributed by atoms with E-state index in [9.17, 15) is 13.2 Å². The van der Waals surface area contributed by atoms with Crippen LogP contribution in [0.25, 0.3) is 0 Å². The van der Waals surface area contributed by atoms with Crippen LogP contribution in [0.5, 0.6) is 5.75 Å². The van der Waals surface area contributed by atoms with Crippen LogP contribution < -0.4 is 15.4 Å². The lowest BCUT2D eigenvalue weighted by atomic mass is 10.2. The maximum Gasteiger partial charge on any atom is 0.573 e. The van der Waals surface area contributed by atoms with Crippen LogP contribution in [-0.2, 0) is 19.5 Å². The Balaban J connectivity index is 1.59. The van der Waals surface area contributed by atoms with Gasteiger partial charge in [0.2, 0.25) is 0 Å². The van der Waals surface area contributed by atoms with Gasteiger partial charge in [0.05, 0.1) is 6.54 Å². The Labute approximate surface area is 185 Å². The van der Waals surface area contributed by atoms with Crippen molar-refractivity contribution in [3.8, 4) is 5.75 Å². The van der Waals surface area contributed by atoms with E-state index < -0.39 is 6.36 Å². The van der Waals surface area contributed by atoms with Crippen LogP contribution in [-0.4, -0.2) is 35.0 Å². The zero-order chi connectivity index (χ0) is 22.8. The predicted molar refractivity (Wildman–Crippen MR) is 117 cm³/mol. The van der Waals surface area contributed by atoms with Crippen LogP contribution in [0.1, 0.15) is 23.9 Å². The Morgan fingerprint density at radius 3 is 2.56 bits per heavy atom. The Kier molecular flexibility index (Phi) is 8.13. The van der Waals surface area contributed by atoms with Crippen molar-refractivity contribution in [1.82, 2.24) is 20.2 Å². The van der Waals surface area contributed by atoms with Crippen molar-refractivity contribution >= 4 is 5.96 Å². The highest BCUT2D eigenvalue weighted by molar-refractivity contribution is 5.79. The fourth-order valence-electron chi connectivity index (χ4n) is 3.15. The van der Waals surface area contributed by atoms with Gasteiger partial charge in [0, 0.05) is 44.0 Å². The summed E-state index contributed by atoms with van der Waals surface area (Å²) in [5.74, 6) is 1.19. The van der Waals surface area contributed by atoms with Crippen LogP contribution in [0, 0.1) is 0 Å². The lowest BCUT2D eigenvalue weighted by Crippen LogP contribution is -2.38. The van der Waals surface area contributed by atoms with Crippen molar-refractivity contribution in [3.63, 3.8) is 0 Å². The van der Waals surface area contributed by atoms with Crippen molar-refractivity contribution in [1.29, 1.82) is 0 Å². The highest BCUT2D eigenvalue weighted by atomic mass is 19.4. The number of aliphatic imine (C=N–C) groups is 1. The average molecular weight is 445 g/mol. The monoisotopic (exact) mass is 445 g/mol. The highest BCUT2D eigenvalue weighted by Crippen LogP contribution is 2.26. The molecule has 0 aliphatic rings. The molecule has 0 fully saturated rings. The first-order valence-electron chi connectivity index (χ1n) is 10.3. The Morgan fingerprint density at radius 2 is 1.81 bits per heavy atom. The molecule has 0 radical (unpaired) electrons. The number of aromatic nitrogens is 2. The average Bonchev–Trinajstić information content (AvgIpc) is 3.19. The molecule has 170 valence electrons. The van der Waals surface area contributed by atoms with Gasteiger partial charge in [-0.05, 0) is 18.6 Å². The number of nitrogens with one attached hydrogen (secondary N) is 2. The van der Waals surface area contributed by atoms with Crippen molar-refractivity contribution in [3.05, 3.63) is 83.9 Å². The standard InChI is InChI=1S/C23H26F3N5O/c1-2-27-22(30-16-19-10-6-7-11-20(19)32-23(24,25)26)29-13-12-21-28-14-15-31(21)17-18-8-4-3-5-9-18/h3-11,14-15H,2,12-13,16-17H2,1H3,(H2,27,29,30). The summed E-state index contributed by atoms with van der Waals surface area (Å²) in [6.45, 7) is 3.89. The van der Waals surface area contributed by atoms with Crippen LogP contribution in [0.15, 0.2) is 72.0 Å². The van der Waals surface area contributed by atoms with Crippen molar-refractivity contribution in [2.24, 2.45) is 4.99 Å². The van der Waals surface area contributed by atoms with Gasteiger partial charge in [-0.2, -0.15) is 0 Å². The van der Waals surface area contributed by atoms with E-state index in [0.29, 0.717) is 31.0 Å². The van der Waals surface area contributed by atoms with Crippen LogP contribution in [0.3, 0.4) is 0 Å². The quantitative estimate of drug-likeness (QED) is 0.384. The summed E-state index contributed by atoms with van der Waals surface area (Å²) in [5, 5.41) is 6.31. The molecule has 0 amide bonds.